The molecule has 0 amide bonds. The standard InChI is InChI=1S/C6H7NO3/c1-2-6(8)10-4-3-9-5-7/h2H,1,3-4H2. The van der Waals surface area contributed by atoms with Crippen LogP contribution in [0, 0.1) is 11.5 Å². The van der Waals surface area contributed by atoms with E-state index in [1.807, 2.05) is 0 Å². The summed E-state index contributed by atoms with van der Waals surface area (Å²) in [5.74, 6) is -0.512. The predicted octanol–water partition coefficient (Wildman–Crippen LogP) is 0.213. The van der Waals surface area contributed by atoms with Crippen LogP contribution in [0.2, 0.25) is 0 Å². The van der Waals surface area contributed by atoms with Crippen LogP contribution < -0.4 is 0 Å². The molecule has 4 heteroatoms. The average Bonchev–Trinajstić information content (AvgIpc) is 1.98. The van der Waals surface area contributed by atoms with Gasteiger partial charge in [0, 0.05) is 6.08 Å². The van der Waals surface area contributed by atoms with Gasteiger partial charge >= 0.3 is 5.97 Å². The first kappa shape index (κ1) is 8.50. The Labute approximate surface area is 58.7 Å². The van der Waals surface area contributed by atoms with E-state index in [0.717, 1.165) is 6.08 Å². The highest BCUT2D eigenvalue weighted by Gasteiger charge is 1.92. The highest BCUT2D eigenvalue weighted by atomic mass is 16.6. The van der Waals surface area contributed by atoms with Gasteiger partial charge in [-0.15, -0.1) is 0 Å². The fourth-order valence-electron chi connectivity index (χ4n) is 0.288. The molecule has 0 aromatic heterocycles. The number of hydrogen-bond donors (Lipinski definition) is 0. The van der Waals surface area contributed by atoms with Gasteiger partial charge in [-0.2, -0.15) is 5.26 Å². The number of hydrogen-bond acceptors (Lipinski definition) is 4. The van der Waals surface area contributed by atoms with Gasteiger partial charge in [0.2, 0.25) is 0 Å². The molecule has 10 heavy (non-hydrogen) atoms. The monoisotopic (exact) mass is 141 g/mol. The SMILES string of the molecule is C=CC(=O)OCCOC#N. The lowest BCUT2D eigenvalue weighted by atomic mass is 10.6. The Balaban J connectivity index is 3.13. The Kier molecular flexibility index (Phi) is 4.79. The van der Waals surface area contributed by atoms with Crippen molar-refractivity contribution in [3.8, 4) is 6.26 Å². The second kappa shape index (κ2) is 5.63. The number of nitrogens with zero attached hydrogens (tertiary/aromatic N) is 1. The van der Waals surface area contributed by atoms with Crippen LogP contribution in [0.15, 0.2) is 12.7 Å². The van der Waals surface area contributed by atoms with Gasteiger partial charge in [-0.25, -0.2) is 4.79 Å². The number of nitriles is 1. The molecular formula is C6H7NO3. The molecule has 0 unspecified atom stereocenters. The lowest BCUT2D eigenvalue weighted by Crippen LogP contribution is -2.06. The van der Waals surface area contributed by atoms with E-state index in [1.165, 1.54) is 6.26 Å². The largest absolute Gasteiger partial charge is 0.459 e. The number of esters is 1. The average molecular weight is 141 g/mol. The molecule has 0 heterocycles. The Morgan fingerprint density at radius 1 is 1.70 bits per heavy atom. The predicted molar refractivity (Wildman–Crippen MR) is 32.7 cm³/mol. The van der Waals surface area contributed by atoms with Crippen molar-refractivity contribution in [1.82, 2.24) is 0 Å². The fourth-order valence-corrected chi connectivity index (χ4v) is 0.288. The van der Waals surface area contributed by atoms with E-state index in [-0.39, 0.29) is 13.2 Å². The zero-order valence-electron chi connectivity index (χ0n) is 5.37. The molecule has 0 aliphatic rings. The molecule has 0 bridgehead atoms. The first-order valence-corrected chi connectivity index (χ1v) is 2.61. The van der Waals surface area contributed by atoms with Crippen LogP contribution >= 0.6 is 0 Å². The van der Waals surface area contributed by atoms with E-state index in [0.29, 0.717) is 0 Å². The summed E-state index contributed by atoms with van der Waals surface area (Å²) in [7, 11) is 0. The second-order valence-corrected chi connectivity index (χ2v) is 1.31. The third kappa shape index (κ3) is 4.65. The number of carbonyl (C=O) groups excluding carboxylic acids is 1. The maximum absolute atomic E-state index is 10.3. The van der Waals surface area contributed by atoms with E-state index >= 15 is 0 Å². The first-order valence-electron chi connectivity index (χ1n) is 2.61. The molecular weight excluding hydrogens is 134 g/mol. The third-order valence-corrected chi connectivity index (χ3v) is 0.661. The minimum absolute atomic E-state index is 0.0818. The molecule has 0 N–H and O–H groups in total. The van der Waals surface area contributed by atoms with E-state index in [9.17, 15) is 4.79 Å². The first-order chi connectivity index (χ1) is 4.81. The zero-order valence-corrected chi connectivity index (χ0v) is 5.37. The quantitative estimate of drug-likeness (QED) is 0.243. The van der Waals surface area contributed by atoms with Gasteiger partial charge in [0.25, 0.3) is 6.26 Å². The Hall–Kier alpha value is -1.50. The molecule has 0 rings (SSSR count). The van der Waals surface area contributed by atoms with Gasteiger partial charge in [-0.1, -0.05) is 6.58 Å². The maximum atomic E-state index is 10.3. The summed E-state index contributed by atoms with van der Waals surface area (Å²) in [5.41, 5.74) is 0. The van der Waals surface area contributed by atoms with Crippen LogP contribution in [-0.2, 0) is 14.3 Å². The second-order valence-electron chi connectivity index (χ2n) is 1.31. The van der Waals surface area contributed by atoms with Gasteiger partial charge in [-0.05, 0) is 0 Å². The molecule has 0 aliphatic carbocycles. The van der Waals surface area contributed by atoms with Crippen LogP contribution in [0.1, 0.15) is 0 Å². The number of carbonyl (C=O) groups is 1. The van der Waals surface area contributed by atoms with Gasteiger partial charge in [0.05, 0.1) is 0 Å². The molecule has 54 valence electrons. The summed E-state index contributed by atoms with van der Waals surface area (Å²) in [5, 5.41) is 7.86. The van der Waals surface area contributed by atoms with Crippen LogP contribution in [0.25, 0.3) is 0 Å². The van der Waals surface area contributed by atoms with Crippen molar-refractivity contribution in [2.45, 2.75) is 0 Å². The Bertz CT molecular complexity index is 159. The molecule has 0 fully saturated rings. The van der Waals surface area contributed by atoms with Crippen LogP contribution in [-0.4, -0.2) is 19.2 Å². The van der Waals surface area contributed by atoms with Crippen LogP contribution in [0.5, 0.6) is 0 Å². The minimum atomic E-state index is -0.512. The lowest BCUT2D eigenvalue weighted by Gasteiger charge is -1.97. The topological polar surface area (TPSA) is 59.3 Å². The number of rotatable bonds is 4. The molecule has 0 saturated heterocycles. The summed E-state index contributed by atoms with van der Waals surface area (Å²) in [6, 6.07) is 0. The van der Waals surface area contributed by atoms with Crippen LogP contribution in [0.4, 0.5) is 0 Å². The van der Waals surface area contributed by atoms with Crippen molar-refractivity contribution in [2.75, 3.05) is 13.2 Å². The minimum Gasteiger partial charge on any atom is -0.459 e. The summed E-state index contributed by atoms with van der Waals surface area (Å²) in [6.45, 7) is 3.35. The molecule has 0 aliphatic heterocycles. The molecule has 0 saturated carbocycles. The van der Waals surface area contributed by atoms with E-state index in [4.69, 9.17) is 5.26 Å². The number of ether oxygens (including phenoxy) is 2. The van der Waals surface area contributed by atoms with Gasteiger partial charge < -0.3 is 9.47 Å². The van der Waals surface area contributed by atoms with Crippen molar-refractivity contribution >= 4 is 5.97 Å². The smallest absolute Gasteiger partial charge is 0.330 e. The molecule has 0 aromatic rings. The third-order valence-electron chi connectivity index (χ3n) is 0.661. The van der Waals surface area contributed by atoms with E-state index in [1.54, 1.807) is 0 Å². The molecule has 4 nitrogen and oxygen atoms in total. The van der Waals surface area contributed by atoms with Gasteiger partial charge in [-0.3, -0.25) is 0 Å². The molecule has 0 radical (unpaired) electrons. The van der Waals surface area contributed by atoms with Gasteiger partial charge in [0.1, 0.15) is 13.2 Å². The summed E-state index contributed by atoms with van der Waals surface area (Å²) < 4.78 is 8.68. The zero-order chi connectivity index (χ0) is 7.82. The van der Waals surface area contributed by atoms with Crippen molar-refractivity contribution in [2.24, 2.45) is 0 Å². The molecule has 0 spiro atoms. The van der Waals surface area contributed by atoms with Crippen molar-refractivity contribution in [3.63, 3.8) is 0 Å². The van der Waals surface area contributed by atoms with Gasteiger partial charge in [0.15, 0.2) is 0 Å². The summed E-state index contributed by atoms with van der Waals surface area (Å²) in [4.78, 5) is 10.3. The highest BCUT2D eigenvalue weighted by Crippen LogP contribution is 1.79. The molecule has 0 atom stereocenters. The van der Waals surface area contributed by atoms with Crippen LogP contribution in [0.3, 0.4) is 0 Å². The lowest BCUT2D eigenvalue weighted by molar-refractivity contribution is -0.138. The maximum Gasteiger partial charge on any atom is 0.330 e. The molecule has 0 aromatic carbocycles. The van der Waals surface area contributed by atoms with Crippen molar-refractivity contribution in [1.29, 1.82) is 5.26 Å². The van der Waals surface area contributed by atoms with E-state index < -0.39 is 5.97 Å². The van der Waals surface area contributed by atoms with Crippen molar-refractivity contribution in [3.05, 3.63) is 12.7 Å². The van der Waals surface area contributed by atoms with Crippen molar-refractivity contribution < 1.29 is 14.3 Å². The summed E-state index contributed by atoms with van der Waals surface area (Å²) >= 11 is 0. The fraction of sp³-hybridized carbons (Fsp3) is 0.333. The van der Waals surface area contributed by atoms with E-state index in [2.05, 4.69) is 16.1 Å². The Morgan fingerprint density at radius 2 is 2.40 bits per heavy atom. The normalized spacial score (nSPS) is 7.50. The summed E-state index contributed by atoms with van der Waals surface area (Å²) in [6.07, 6.45) is 2.49. The Morgan fingerprint density at radius 3 is 2.90 bits per heavy atom. The highest BCUT2D eigenvalue weighted by molar-refractivity contribution is 5.81.